The van der Waals surface area contributed by atoms with Crippen LogP contribution < -0.4 is 0 Å². The second kappa shape index (κ2) is 9.52. The molecule has 0 aliphatic carbocycles. The summed E-state index contributed by atoms with van der Waals surface area (Å²) in [5.74, 6) is 6.11. The molecule has 0 amide bonds. The lowest BCUT2D eigenvalue weighted by Gasteiger charge is -1.92. The van der Waals surface area contributed by atoms with Crippen molar-refractivity contribution < 1.29 is 5.11 Å². The van der Waals surface area contributed by atoms with E-state index in [9.17, 15) is 5.11 Å². The summed E-state index contributed by atoms with van der Waals surface area (Å²) >= 11 is 0. The third kappa shape index (κ3) is 9.52. The van der Waals surface area contributed by atoms with Crippen molar-refractivity contribution in [2.45, 2.75) is 45.4 Å². The molecule has 0 fully saturated rings. The summed E-state index contributed by atoms with van der Waals surface area (Å²) in [6.45, 7) is 2.14. The molecular weight excluding hydrogens is 136 g/mol. The minimum atomic E-state index is 0.0840. The van der Waals surface area contributed by atoms with E-state index in [4.69, 9.17) is 0 Å². The van der Waals surface area contributed by atoms with Gasteiger partial charge in [-0.2, -0.15) is 0 Å². The highest BCUT2D eigenvalue weighted by Gasteiger charge is 1.86. The van der Waals surface area contributed by atoms with Crippen molar-refractivity contribution in [3.63, 3.8) is 0 Å². The second-order valence-corrected chi connectivity index (χ2v) is 2.58. The molecule has 0 bridgehead atoms. The molecule has 0 saturated carbocycles. The summed E-state index contributed by atoms with van der Waals surface area (Å²) in [5, 5.41) is 10.0. The van der Waals surface area contributed by atoms with Crippen LogP contribution in [0.4, 0.5) is 0 Å². The van der Waals surface area contributed by atoms with Crippen LogP contribution in [0.3, 0.4) is 0 Å². The lowest BCUT2D eigenvalue weighted by Crippen LogP contribution is -1.81. The molecule has 1 nitrogen and oxygen atoms in total. The van der Waals surface area contributed by atoms with Gasteiger partial charge in [0.05, 0.1) is 6.61 Å². The van der Waals surface area contributed by atoms with Crippen molar-refractivity contribution in [2.75, 3.05) is 6.61 Å². The fourth-order valence-corrected chi connectivity index (χ4v) is 0.882. The standard InChI is InChI=1S/C10H17O/c1-2-3-4-5-6-7-8-9-10-11/h2,5-10H2,1H3. The van der Waals surface area contributed by atoms with Crippen LogP contribution in [0.1, 0.15) is 45.4 Å². The van der Waals surface area contributed by atoms with Crippen LogP contribution in [0.25, 0.3) is 0 Å². The smallest absolute Gasteiger partial charge is 0.0822 e. The molecule has 0 aromatic rings. The molecule has 1 radical (unpaired) electrons. The maximum absolute atomic E-state index is 10.0. The van der Waals surface area contributed by atoms with Crippen molar-refractivity contribution in [3.05, 3.63) is 0 Å². The molecule has 11 heavy (non-hydrogen) atoms. The van der Waals surface area contributed by atoms with Gasteiger partial charge < -0.3 is 0 Å². The Bertz CT molecular complexity index is 119. The fourth-order valence-electron chi connectivity index (χ4n) is 0.882. The van der Waals surface area contributed by atoms with E-state index in [1.807, 2.05) is 0 Å². The Balaban J connectivity index is 2.90. The molecule has 0 rings (SSSR count). The predicted octanol–water partition coefficient (Wildman–Crippen LogP) is 2.78. The zero-order valence-corrected chi connectivity index (χ0v) is 7.36. The monoisotopic (exact) mass is 153 g/mol. The van der Waals surface area contributed by atoms with Gasteiger partial charge in [-0.25, -0.2) is 5.11 Å². The molecule has 1 heteroatoms. The highest BCUT2D eigenvalue weighted by Crippen LogP contribution is 2.01. The van der Waals surface area contributed by atoms with Gasteiger partial charge in [0.2, 0.25) is 0 Å². The number of rotatable bonds is 5. The van der Waals surface area contributed by atoms with Gasteiger partial charge in [0, 0.05) is 12.8 Å². The lowest BCUT2D eigenvalue weighted by atomic mass is 10.1. The van der Waals surface area contributed by atoms with E-state index in [2.05, 4.69) is 18.8 Å². The molecule has 0 saturated heterocycles. The van der Waals surface area contributed by atoms with Gasteiger partial charge >= 0.3 is 0 Å². The van der Waals surface area contributed by atoms with Gasteiger partial charge in [-0.15, -0.1) is 11.8 Å². The molecule has 0 N–H and O–H groups in total. The Morgan fingerprint density at radius 3 is 2.36 bits per heavy atom. The van der Waals surface area contributed by atoms with E-state index in [0.29, 0.717) is 0 Å². The van der Waals surface area contributed by atoms with Crippen molar-refractivity contribution in [2.24, 2.45) is 0 Å². The van der Waals surface area contributed by atoms with Crippen molar-refractivity contribution in [1.29, 1.82) is 0 Å². The highest BCUT2D eigenvalue weighted by molar-refractivity contribution is 4.97. The molecule has 0 aromatic carbocycles. The molecule has 0 spiro atoms. The van der Waals surface area contributed by atoms with Crippen LogP contribution in [0.15, 0.2) is 0 Å². The van der Waals surface area contributed by atoms with E-state index in [1.54, 1.807) is 0 Å². The molecular formula is C10H17O. The summed E-state index contributed by atoms with van der Waals surface area (Å²) in [7, 11) is 0. The Morgan fingerprint density at radius 2 is 1.73 bits per heavy atom. The Labute approximate surface area is 69.8 Å². The van der Waals surface area contributed by atoms with Crippen LogP contribution in [-0.2, 0) is 5.11 Å². The van der Waals surface area contributed by atoms with Crippen molar-refractivity contribution in [3.8, 4) is 11.8 Å². The maximum atomic E-state index is 10.0. The number of hydrogen-bond donors (Lipinski definition) is 0. The number of unbranched alkanes of at least 4 members (excludes halogenated alkanes) is 4. The maximum Gasteiger partial charge on any atom is 0.0822 e. The molecule has 0 unspecified atom stereocenters. The molecule has 0 atom stereocenters. The van der Waals surface area contributed by atoms with Crippen LogP contribution in [0.5, 0.6) is 0 Å². The van der Waals surface area contributed by atoms with Crippen molar-refractivity contribution in [1.82, 2.24) is 0 Å². The fraction of sp³-hybridized carbons (Fsp3) is 0.800. The quantitative estimate of drug-likeness (QED) is 0.427. The summed E-state index contributed by atoms with van der Waals surface area (Å²) in [5.41, 5.74) is 0. The highest BCUT2D eigenvalue weighted by atomic mass is 16.2. The van der Waals surface area contributed by atoms with E-state index < -0.39 is 0 Å². The molecule has 0 aliphatic rings. The Kier molecular flexibility index (Phi) is 9.10. The van der Waals surface area contributed by atoms with Gasteiger partial charge in [0.1, 0.15) is 0 Å². The normalized spacial score (nSPS) is 8.91. The average molecular weight is 153 g/mol. The van der Waals surface area contributed by atoms with Crippen LogP contribution in [-0.4, -0.2) is 6.61 Å². The van der Waals surface area contributed by atoms with E-state index >= 15 is 0 Å². The molecule has 0 aliphatic heterocycles. The first-order chi connectivity index (χ1) is 5.41. The summed E-state index contributed by atoms with van der Waals surface area (Å²) in [6.07, 6.45) is 6.21. The lowest BCUT2D eigenvalue weighted by molar-refractivity contribution is 0.186. The summed E-state index contributed by atoms with van der Waals surface area (Å²) in [4.78, 5) is 0. The van der Waals surface area contributed by atoms with Gasteiger partial charge in [-0.05, 0) is 12.8 Å². The summed E-state index contributed by atoms with van der Waals surface area (Å²) in [6, 6.07) is 0. The first-order valence-electron chi connectivity index (χ1n) is 4.45. The SMILES string of the molecule is CCC#CCCCCCC[O]. The van der Waals surface area contributed by atoms with E-state index in [1.165, 1.54) is 6.42 Å². The summed E-state index contributed by atoms with van der Waals surface area (Å²) < 4.78 is 0. The minimum Gasteiger partial charge on any atom is -0.237 e. The zero-order valence-electron chi connectivity index (χ0n) is 7.36. The van der Waals surface area contributed by atoms with E-state index in [-0.39, 0.29) is 6.61 Å². The molecule has 0 aromatic heterocycles. The third-order valence-corrected chi connectivity index (χ3v) is 1.50. The van der Waals surface area contributed by atoms with Crippen LogP contribution >= 0.6 is 0 Å². The van der Waals surface area contributed by atoms with Crippen LogP contribution in [0, 0.1) is 11.8 Å². The first-order valence-corrected chi connectivity index (χ1v) is 4.45. The first kappa shape index (κ1) is 10.5. The Hall–Kier alpha value is -0.480. The van der Waals surface area contributed by atoms with Gasteiger partial charge in [-0.1, -0.05) is 19.8 Å². The van der Waals surface area contributed by atoms with Crippen LogP contribution in [0.2, 0.25) is 0 Å². The zero-order chi connectivity index (χ0) is 8.36. The molecule has 63 valence electrons. The topological polar surface area (TPSA) is 19.9 Å². The Morgan fingerprint density at radius 1 is 1.00 bits per heavy atom. The molecule has 0 heterocycles. The third-order valence-electron chi connectivity index (χ3n) is 1.50. The average Bonchev–Trinajstić information content (AvgIpc) is 2.03. The number of hydrogen-bond acceptors (Lipinski definition) is 0. The second-order valence-electron chi connectivity index (χ2n) is 2.58. The van der Waals surface area contributed by atoms with Gasteiger partial charge in [0.25, 0.3) is 0 Å². The predicted molar refractivity (Wildman–Crippen MR) is 46.7 cm³/mol. The van der Waals surface area contributed by atoms with E-state index in [0.717, 1.165) is 32.1 Å². The van der Waals surface area contributed by atoms with Crippen molar-refractivity contribution >= 4 is 0 Å². The van der Waals surface area contributed by atoms with Gasteiger partial charge in [-0.3, -0.25) is 0 Å². The minimum absolute atomic E-state index is 0.0840. The van der Waals surface area contributed by atoms with Gasteiger partial charge in [0.15, 0.2) is 0 Å². The largest absolute Gasteiger partial charge is 0.237 e.